The van der Waals surface area contributed by atoms with Crippen LogP contribution in [0.1, 0.15) is 13.3 Å². The van der Waals surface area contributed by atoms with E-state index in [2.05, 4.69) is 10.6 Å². The van der Waals surface area contributed by atoms with Crippen molar-refractivity contribution in [3.05, 3.63) is 48.5 Å². The third kappa shape index (κ3) is 7.53. The Morgan fingerprint density at radius 3 is 2.28 bits per heavy atom. The van der Waals surface area contributed by atoms with Crippen molar-refractivity contribution in [2.75, 3.05) is 51.3 Å². The number of morpholine rings is 1. The summed E-state index contributed by atoms with van der Waals surface area (Å²) in [6.07, 6.45) is 1.09. The number of nitrogens with one attached hydrogen (secondary N) is 3. The van der Waals surface area contributed by atoms with Crippen LogP contribution in [0.4, 0.5) is 5.69 Å². The number of ether oxygens (including phenoxy) is 3. The maximum atomic E-state index is 5.87. The van der Waals surface area contributed by atoms with Crippen molar-refractivity contribution in [2.45, 2.75) is 13.3 Å². The van der Waals surface area contributed by atoms with E-state index < -0.39 is 0 Å². The minimum Gasteiger partial charge on any atom is -0.494 e. The summed E-state index contributed by atoms with van der Waals surface area (Å²) in [7, 11) is 0. The number of thiocarbonyl (C=S) groups is 1. The van der Waals surface area contributed by atoms with E-state index in [0.717, 1.165) is 68.7 Å². The molecule has 0 aromatic heterocycles. The van der Waals surface area contributed by atoms with E-state index >= 15 is 0 Å². The first-order valence-electron chi connectivity index (χ1n) is 10.2. The van der Waals surface area contributed by atoms with Crippen molar-refractivity contribution >= 4 is 23.0 Å². The Morgan fingerprint density at radius 2 is 1.62 bits per heavy atom. The van der Waals surface area contributed by atoms with Crippen LogP contribution in [0, 0.1) is 0 Å². The number of quaternary nitrogens is 1. The third-order valence-electron chi connectivity index (χ3n) is 4.68. The highest BCUT2D eigenvalue weighted by Crippen LogP contribution is 2.25. The zero-order valence-corrected chi connectivity index (χ0v) is 17.7. The van der Waals surface area contributed by atoms with Gasteiger partial charge in [-0.2, -0.15) is 0 Å². The lowest BCUT2D eigenvalue weighted by atomic mass is 10.3. The smallest absolute Gasteiger partial charge is 0.170 e. The Bertz CT molecular complexity index is 747. The zero-order valence-electron chi connectivity index (χ0n) is 16.9. The van der Waals surface area contributed by atoms with Crippen molar-refractivity contribution in [1.82, 2.24) is 5.32 Å². The third-order valence-corrected chi connectivity index (χ3v) is 4.92. The van der Waals surface area contributed by atoms with Crippen LogP contribution in [0.3, 0.4) is 0 Å². The lowest BCUT2D eigenvalue weighted by molar-refractivity contribution is -0.908. The second-order valence-electron chi connectivity index (χ2n) is 6.88. The molecule has 0 amide bonds. The van der Waals surface area contributed by atoms with E-state index in [4.69, 9.17) is 26.4 Å². The van der Waals surface area contributed by atoms with Gasteiger partial charge in [0.1, 0.15) is 30.3 Å². The van der Waals surface area contributed by atoms with Crippen molar-refractivity contribution in [2.24, 2.45) is 0 Å². The molecule has 2 aromatic carbocycles. The molecular weight excluding hydrogens is 386 g/mol. The quantitative estimate of drug-likeness (QED) is 0.431. The molecule has 0 unspecified atom stereocenters. The summed E-state index contributed by atoms with van der Waals surface area (Å²) in [6, 6.07) is 15.3. The SMILES string of the molecule is CCOc1ccc(Oc2ccc(NC(=S)NCCC[NH+]3CCOCC3)cc2)cc1. The van der Waals surface area contributed by atoms with Crippen LogP contribution in [0.25, 0.3) is 0 Å². The average Bonchev–Trinajstić information content (AvgIpc) is 2.75. The largest absolute Gasteiger partial charge is 0.494 e. The normalized spacial score (nSPS) is 14.2. The molecule has 3 N–H and O–H groups in total. The van der Waals surface area contributed by atoms with Crippen molar-refractivity contribution < 1.29 is 19.1 Å². The molecule has 6 nitrogen and oxygen atoms in total. The highest BCUT2D eigenvalue weighted by atomic mass is 32.1. The molecule has 7 heteroatoms. The molecule has 0 aliphatic carbocycles. The van der Waals surface area contributed by atoms with Crippen LogP contribution in [0.5, 0.6) is 17.2 Å². The molecule has 0 bridgehead atoms. The molecule has 0 spiro atoms. The summed E-state index contributed by atoms with van der Waals surface area (Å²) in [5.41, 5.74) is 0.931. The topological polar surface area (TPSA) is 56.2 Å². The van der Waals surface area contributed by atoms with Gasteiger partial charge < -0.3 is 29.7 Å². The standard InChI is InChI=1S/C22H29N3O3S/c1-2-27-19-8-10-21(11-9-19)28-20-6-4-18(5-7-20)24-22(29)23-12-3-13-25-14-16-26-17-15-25/h4-11H,2-3,12-17H2,1H3,(H2,23,24,29)/p+1. The molecule has 1 aliphatic heterocycles. The summed E-state index contributed by atoms with van der Waals surface area (Å²) < 4.78 is 16.7. The molecule has 2 aromatic rings. The van der Waals surface area contributed by atoms with Crippen LogP contribution in [0.15, 0.2) is 48.5 Å². The van der Waals surface area contributed by atoms with Gasteiger partial charge in [-0.3, -0.25) is 0 Å². The fourth-order valence-corrected chi connectivity index (χ4v) is 3.36. The van der Waals surface area contributed by atoms with Crippen molar-refractivity contribution in [1.29, 1.82) is 0 Å². The van der Waals surface area contributed by atoms with Gasteiger partial charge >= 0.3 is 0 Å². The number of benzene rings is 2. The summed E-state index contributed by atoms with van der Waals surface area (Å²) in [6.45, 7) is 8.60. The van der Waals surface area contributed by atoms with Gasteiger partial charge in [-0.25, -0.2) is 0 Å². The fraction of sp³-hybridized carbons (Fsp3) is 0.409. The van der Waals surface area contributed by atoms with E-state index in [1.165, 1.54) is 0 Å². The Balaban J connectivity index is 1.37. The van der Waals surface area contributed by atoms with Gasteiger partial charge in [0.15, 0.2) is 5.11 Å². The van der Waals surface area contributed by atoms with Gasteiger partial charge in [-0.15, -0.1) is 0 Å². The van der Waals surface area contributed by atoms with Crippen LogP contribution >= 0.6 is 12.2 Å². The summed E-state index contributed by atoms with van der Waals surface area (Å²) >= 11 is 5.39. The molecule has 1 saturated heterocycles. The first-order valence-corrected chi connectivity index (χ1v) is 10.6. The minimum atomic E-state index is 0.641. The molecule has 0 saturated carbocycles. The van der Waals surface area contributed by atoms with Gasteiger partial charge in [-0.05, 0) is 67.7 Å². The Kier molecular flexibility index (Phi) is 8.55. The molecule has 0 atom stereocenters. The molecule has 1 heterocycles. The first-order chi connectivity index (χ1) is 14.2. The van der Waals surface area contributed by atoms with E-state index in [0.29, 0.717) is 11.7 Å². The van der Waals surface area contributed by atoms with E-state index in [-0.39, 0.29) is 0 Å². The lowest BCUT2D eigenvalue weighted by Gasteiger charge is -2.23. The summed E-state index contributed by atoms with van der Waals surface area (Å²) in [5, 5.41) is 7.13. The first kappa shape index (κ1) is 21.4. The Morgan fingerprint density at radius 1 is 1.00 bits per heavy atom. The number of hydrogen-bond acceptors (Lipinski definition) is 4. The number of anilines is 1. The second kappa shape index (κ2) is 11.6. The van der Waals surface area contributed by atoms with Gasteiger partial charge in [0.25, 0.3) is 0 Å². The van der Waals surface area contributed by atoms with Crippen LogP contribution in [-0.4, -0.2) is 51.1 Å². The lowest BCUT2D eigenvalue weighted by Crippen LogP contribution is -3.14. The molecule has 1 aliphatic rings. The zero-order chi connectivity index (χ0) is 20.3. The second-order valence-corrected chi connectivity index (χ2v) is 7.29. The van der Waals surface area contributed by atoms with E-state index in [1.54, 1.807) is 4.90 Å². The summed E-state index contributed by atoms with van der Waals surface area (Å²) in [4.78, 5) is 1.61. The maximum Gasteiger partial charge on any atom is 0.170 e. The molecule has 3 rings (SSSR count). The van der Waals surface area contributed by atoms with Crippen LogP contribution in [0.2, 0.25) is 0 Å². The van der Waals surface area contributed by atoms with Crippen LogP contribution < -0.4 is 25.0 Å². The molecule has 1 fully saturated rings. The molecule has 29 heavy (non-hydrogen) atoms. The van der Waals surface area contributed by atoms with E-state index in [1.807, 2.05) is 55.5 Å². The molecular formula is C22H30N3O3S+. The number of rotatable bonds is 9. The van der Waals surface area contributed by atoms with E-state index in [9.17, 15) is 0 Å². The Labute approximate surface area is 178 Å². The molecule has 0 radical (unpaired) electrons. The highest BCUT2D eigenvalue weighted by Gasteiger charge is 2.12. The minimum absolute atomic E-state index is 0.641. The average molecular weight is 417 g/mol. The van der Waals surface area contributed by atoms with Crippen LogP contribution in [-0.2, 0) is 4.74 Å². The fourth-order valence-electron chi connectivity index (χ4n) is 3.14. The van der Waals surface area contributed by atoms with Gasteiger partial charge in [0.2, 0.25) is 0 Å². The predicted octanol–water partition coefficient (Wildman–Crippen LogP) is 2.47. The highest BCUT2D eigenvalue weighted by molar-refractivity contribution is 7.80. The van der Waals surface area contributed by atoms with Gasteiger partial charge in [0, 0.05) is 18.7 Å². The summed E-state index contributed by atoms with van der Waals surface area (Å²) in [5.74, 6) is 2.38. The van der Waals surface area contributed by atoms with Crippen molar-refractivity contribution in [3.8, 4) is 17.2 Å². The Hall–Kier alpha value is -2.35. The maximum absolute atomic E-state index is 5.87. The van der Waals surface area contributed by atoms with Crippen molar-refractivity contribution in [3.63, 3.8) is 0 Å². The number of hydrogen-bond donors (Lipinski definition) is 3. The molecule has 156 valence electrons. The van der Waals surface area contributed by atoms with Gasteiger partial charge in [0.05, 0.1) is 26.4 Å². The monoisotopic (exact) mass is 416 g/mol. The predicted molar refractivity (Wildman–Crippen MR) is 119 cm³/mol. The van der Waals surface area contributed by atoms with Gasteiger partial charge in [-0.1, -0.05) is 0 Å².